The lowest BCUT2D eigenvalue weighted by Crippen LogP contribution is -2.37. The Balaban J connectivity index is 0.000000219. The van der Waals surface area contributed by atoms with Gasteiger partial charge < -0.3 is 11.5 Å². The van der Waals surface area contributed by atoms with Gasteiger partial charge in [-0.15, -0.1) is 0 Å². The normalized spacial score (nSPS) is 20.0. The molecular weight excluding hydrogens is 292 g/mol. The van der Waals surface area contributed by atoms with E-state index in [-0.39, 0.29) is 0 Å². The number of benzene rings is 1. The number of allylic oxidation sites excluding steroid dienone is 1. The fraction of sp³-hybridized carbons (Fsp3) is 0.267. The maximum absolute atomic E-state index is 10.8. The molecule has 2 unspecified atom stereocenters. The number of halogens is 1. The Kier molecular flexibility index (Phi) is 6.62. The van der Waals surface area contributed by atoms with E-state index >= 15 is 0 Å². The van der Waals surface area contributed by atoms with Crippen LogP contribution >= 0.6 is 11.6 Å². The van der Waals surface area contributed by atoms with Crippen LogP contribution in [-0.2, 0) is 9.59 Å². The highest BCUT2D eigenvalue weighted by Gasteiger charge is 2.30. The summed E-state index contributed by atoms with van der Waals surface area (Å²) >= 11 is 5.16. The van der Waals surface area contributed by atoms with E-state index in [0.717, 1.165) is 6.42 Å². The molecule has 5 nitrogen and oxygen atoms in total. The van der Waals surface area contributed by atoms with Crippen LogP contribution < -0.4 is 11.5 Å². The van der Waals surface area contributed by atoms with Gasteiger partial charge in [-0.1, -0.05) is 42.5 Å². The summed E-state index contributed by atoms with van der Waals surface area (Å²) in [5, 5.41) is -0.407. The van der Waals surface area contributed by atoms with Crippen LogP contribution in [0.2, 0.25) is 0 Å². The van der Waals surface area contributed by atoms with Crippen molar-refractivity contribution in [3.63, 3.8) is 0 Å². The smallest absolute Gasteiger partial charge is 0.252 e. The molecule has 2 atom stereocenters. The summed E-state index contributed by atoms with van der Waals surface area (Å²) in [5.74, 6) is -1.83. The standard InChI is InChI=1S/C8H12N2O2.C7H5ClO/c9-7(11)5-3-1-2-4-6(5)8(10)12;8-7(9)6-4-2-1-3-5-6/h1,3,5-6H,2,4H2,(H2,9,11)(H2,10,12);1-5H. The van der Waals surface area contributed by atoms with Crippen LogP contribution in [-0.4, -0.2) is 17.1 Å². The van der Waals surface area contributed by atoms with Crippen LogP contribution in [0.15, 0.2) is 42.5 Å². The zero-order valence-electron chi connectivity index (χ0n) is 11.4. The molecule has 1 aliphatic rings. The fourth-order valence-corrected chi connectivity index (χ4v) is 2.14. The molecule has 0 radical (unpaired) electrons. The average molecular weight is 309 g/mol. The Bertz CT molecular complexity index is 543. The summed E-state index contributed by atoms with van der Waals surface area (Å²) in [6.45, 7) is 0. The van der Waals surface area contributed by atoms with E-state index in [2.05, 4.69) is 0 Å². The van der Waals surface area contributed by atoms with E-state index in [1.165, 1.54) is 0 Å². The van der Waals surface area contributed by atoms with Crippen molar-refractivity contribution in [3.8, 4) is 0 Å². The van der Waals surface area contributed by atoms with Gasteiger partial charge in [0.15, 0.2) is 0 Å². The first-order valence-electron chi connectivity index (χ1n) is 6.43. The second-order valence-electron chi connectivity index (χ2n) is 4.58. The molecule has 1 aromatic carbocycles. The number of carbonyl (C=O) groups is 3. The van der Waals surface area contributed by atoms with Crippen molar-refractivity contribution < 1.29 is 14.4 Å². The predicted octanol–water partition coefficient (Wildman–Crippen LogP) is 1.61. The molecule has 112 valence electrons. The number of carbonyl (C=O) groups excluding carboxylic acids is 3. The summed E-state index contributed by atoms with van der Waals surface area (Å²) in [5.41, 5.74) is 10.8. The molecular formula is C15H17ClN2O3. The highest BCUT2D eigenvalue weighted by Crippen LogP contribution is 2.23. The Hall–Kier alpha value is -2.14. The number of primary amides is 2. The van der Waals surface area contributed by atoms with Crippen LogP contribution in [0.5, 0.6) is 0 Å². The van der Waals surface area contributed by atoms with Gasteiger partial charge in [-0.3, -0.25) is 14.4 Å². The first-order chi connectivity index (χ1) is 9.93. The van der Waals surface area contributed by atoms with E-state index in [1.54, 1.807) is 30.3 Å². The van der Waals surface area contributed by atoms with E-state index in [9.17, 15) is 14.4 Å². The molecule has 0 aromatic heterocycles. The highest BCUT2D eigenvalue weighted by atomic mass is 35.5. The Morgan fingerprint density at radius 1 is 1.05 bits per heavy atom. The zero-order chi connectivity index (χ0) is 15.8. The minimum absolute atomic E-state index is 0.407. The van der Waals surface area contributed by atoms with E-state index in [0.29, 0.717) is 12.0 Å². The van der Waals surface area contributed by atoms with Crippen molar-refractivity contribution in [3.05, 3.63) is 48.0 Å². The van der Waals surface area contributed by atoms with Gasteiger partial charge in [0.05, 0.1) is 11.8 Å². The lowest BCUT2D eigenvalue weighted by Gasteiger charge is -2.21. The van der Waals surface area contributed by atoms with Gasteiger partial charge in [0.1, 0.15) is 0 Å². The lowest BCUT2D eigenvalue weighted by atomic mass is 9.83. The maximum atomic E-state index is 10.8. The molecule has 1 aliphatic carbocycles. The first-order valence-corrected chi connectivity index (χ1v) is 6.81. The SMILES string of the molecule is NC(=O)C1C=CCCC1C(N)=O.O=C(Cl)c1ccccc1. The molecule has 6 heteroatoms. The monoisotopic (exact) mass is 308 g/mol. The number of hydrogen-bond donors (Lipinski definition) is 2. The van der Waals surface area contributed by atoms with Crippen LogP contribution in [0.1, 0.15) is 23.2 Å². The van der Waals surface area contributed by atoms with Gasteiger partial charge in [-0.25, -0.2) is 0 Å². The molecule has 0 saturated heterocycles. The molecule has 1 aromatic rings. The molecule has 0 bridgehead atoms. The van der Waals surface area contributed by atoms with Crippen molar-refractivity contribution in [2.75, 3.05) is 0 Å². The summed E-state index contributed by atoms with van der Waals surface area (Å²) in [6, 6.07) is 8.74. The molecule has 21 heavy (non-hydrogen) atoms. The van der Waals surface area contributed by atoms with Gasteiger partial charge in [-0.2, -0.15) is 0 Å². The lowest BCUT2D eigenvalue weighted by molar-refractivity contribution is -0.130. The third-order valence-electron chi connectivity index (χ3n) is 3.12. The van der Waals surface area contributed by atoms with Crippen LogP contribution in [0.4, 0.5) is 0 Å². The van der Waals surface area contributed by atoms with Crippen LogP contribution in [0, 0.1) is 11.8 Å². The van der Waals surface area contributed by atoms with Crippen molar-refractivity contribution in [2.45, 2.75) is 12.8 Å². The van der Waals surface area contributed by atoms with Crippen LogP contribution in [0.3, 0.4) is 0 Å². The maximum Gasteiger partial charge on any atom is 0.252 e. The molecule has 2 amide bonds. The van der Waals surface area contributed by atoms with Crippen molar-refractivity contribution >= 4 is 28.7 Å². The number of nitrogens with two attached hydrogens (primary N) is 2. The highest BCUT2D eigenvalue weighted by molar-refractivity contribution is 6.67. The first kappa shape index (κ1) is 16.9. The summed E-state index contributed by atoms with van der Waals surface area (Å²) in [4.78, 5) is 32.1. The predicted molar refractivity (Wildman–Crippen MR) is 80.4 cm³/mol. The van der Waals surface area contributed by atoms with Crippen LogP contribution in [0.25, 0.3) is 0 Å². The Morgan fingerprint density at radius 3 is 2.05 bits per heavy atom. The van der Waals surface area contributed by atoms with Crippen molar-refractivity contribution in [1.29, 1.82) is 0 Å². The summed E-state index contributed by atoms with van der Waals surface area (Å²) < 4.78 is 0. The number of hydrogen-bond acceptors (Lipinski definition) is 3. The second kappa shape index (κ2) is 8.21. The molecule has 0 heterocycles. The molecule has 0 aliphatic heterocycles. The average Bonchev–Trinajstić information content (AvgIpc) is 2.48. The molecule has 0 saturated carbocycles. The molecule has 2 rings (SSSR count). The topological polar surface area (TPSA) is 103 Å². The molecule has 0 fully saturated rings. The Labute approximate surface area is 127 Å². The van der Waals surface area contributed by atoms with Crippen molar-refractivity contribution in [2.24, 2.45) is 23.3 Å². The quantitative estimate of drug-likeness (QED) is 0.654. The van der Waals surface area contributed by atoms with Gasteiger partial charge in [-0.05, 0) is 24.4 Å². The van der Waals surface area contributed by atoms with Gasteiger partial charge in [0.25, 0.3) is 5.24 Å². The minimum atomic E-state index is -0.503. The van der Waals surface area contributed by atoms with Gasteiger partial charge in [0, 0.05) is 5.56 Å². The molecule has 4 N–H and O–H groups in total. The number of rotatable bonds is 3. The third kappa shape index (κ3) is 5.39. The van der Waals surface area contributed by atoms with E-state index in [4.69, 9.17) is 23.1 Å². The van der Waals surface area contributed by atoms with Gasteiger partial charge >= 0.3 is 0 Å². The zero-order valence-corrected chi connectivity index (χ0v) is 12.1. The molecule has 0 spiro atoms. The fourth-order valence-electron chi connectivity index (χ4n) is 2.01. The van der Waals surface area contributed by atoms with E-state index in [1.807, 2.05) is 12.1 Å². The minimum Gasteiger partial charge on any atom is -0.369 e. The number of amides is 2. The second-order valence-corrected chi connectivity index (χ2v) is 4.93. The van der Waals surface area contributed by atoms with Crippen molar-refractivity contribution in [1.82, 2.24) is 0 Å². The largest absolute Gasteiger partial charge is 0.369 e. The summed E-state index contributed by atoms with van der Waals surface area (Å²) in [7, 11) is 0. The Morgan fingerprint density at radius 2 is 1.67 bits per heavy atom. The van der Waals surface area contributed by atoms with E-state index < -0.39 is 28.9 Å². The van der Waals surface area contributed by atoms with Gasteiger partial charge in [0.2, 0.25) is 11.8 Å². The third-order valence-corrected chi connectivity index (χ3v) is 3.33. The summed E-state index contributed by atoms with van der Waals surface area (Å²) in [6.07, 6.45) is 4.94.